The lowest BCUT2D eigenvalue weighted by Gasteiger charge is -2.40. The molecule has 1 amide bonds. The molecule has 3 heterocycles. The summed E-state index contributed by atoms with van der Waals surface area (Å²) in [4.78, 5) is 18.1. The SMILES string of the molecule is CN=C(NCCNS(=O)(=O)c1cccs1)N1CCCC2(CNC(=O)C2)C1. The first kappa shape index (κ1) is 19.1. The van der Waals surface area contributed by atoms with E-state index in [4.69, 9.17) is 0 Å². The van der Waals surface area contributed by atoms with Crippen LogP contribution >= 0.6 is 11.3 Å². The maximum absolute atomic E-state index is 12.1. The molecule has 10 heteroatoms. The van der Waals surface area contributed by atoms with E-state index in [1.165, 1.54) is 11.3 Å². The van der Waals surface area contributed by atoms with Gasteiger partial charge in [0.15, 0.2) is 5.96 Å². The van der Waals surface area contributed by atoms with Crippen LogP contribution in [-0.4, -0.2) is 65.0 Å². The number of sulfonamides is 1. The van der Waals surface area contributed by atoms with Gasteiger partial charge in [0.05, 0.1) is 0 Å². The third-order valence-corrected chi connectivity index (χ3v) is 7.69. The summed E-state index contributed by atoms with van der Waals surface area (Å²) in [6, 6.07) is 3.30. The lowest BCUT2D eigenvalue weighted by Crippen LogP contribution is -2.52. The van der Waals surface area contributed by atoms with Crippen molar-refractivity contribution in [3.8, 4) is 0 Å². The summed E-state index contributed by atoms with van der Waals surface area (Å²) in [5.74, 6) is 0.872. The van der Waals surface area contributed by atoms with Crippen molar-refractivity contribution >= 4 is 33.2 Å². The van der Waals surface area contributed by atoms with Gasteiger partial charge in [-0.15, -0.1) is 11.3 Å². The molecule has 1 aromatic heterocycles. The molecular formula is C16H25N5O3S2. The van der Waals surface area contributed by atoms with Crippen LogP contribution < -0.4 is 15.4 Å². The minimum absolute atomic E-state index is 0.00624. The number of amides is 1. The Kier molecular flexibility index (Phi) is 5.83. The summed E-state index contributed by atoms with van der Waals surface area (Å²) in [6.45, 7) is 3.11. The number of likely N-dealkylation sites (tertiary alicyclic amines) is 1. The molecule has 0 aliphatic carbocycles. The number of hydrogen-bond acceptors (Lipinski definition) is 5. The van der Waals surface area contributed by atoms with E-state index in [2.05, 4.69) is 25.2 Å². The third kappa shape index (κ3) is 4.36. The zero-order valence-corrected chi connectivity index (χ0v) is 16.5. The Morgan fingerprint density at radius 1 is 1.46 bits per heavy atom. The Morgan fingerprint density at radius 3 is 2.96 bits per heavy atom. The quantitative estimate of drug-likeness (QED) is 0.373. The van der Waals surface area contributed by atoms with Gasteiger partial charge < -0.3 is 15.5 Å². The van der Waals surface area contributed by atoms with Crippen LogP contribution in [0.1, 0.15) is 19.3 Å². The molecular weight excluding hydrogens is 374 g/mol. The van der Waals surface area contributed by atoms with Crippen molar-refractivity contribution in [2.45, 2.75) is 23.5 Å². The molecule has 2 aliphatic heterocycles. The van der Waals surface area contributed by atoms with Crippen LogP contribution in [0.5, 0.6) is 0 Å². The number of rotatable bonds is 5. The van der Waals surface area contributed by atoms with E-state index in [1.807, 2.05) is 0 Å². The number of hydrogen-bond donors (Lipinski definition) is 3. The Labute approximate surface area is 158 Å². The minimum atomic E-state index is -3.44. The minimum Gasteiger partial charge on any atom is -0.355 e. The van der Waals surface area contributed by atoms with Crippen LogP contribution in [0.15, 0.2) is 26.7 Å². The molecule has 1 unspecified atom stereocenters. The van der Waals surface area contributed by atoms with Crippen LogP contribution in [0.3, 0.4) is 0 Å². The zero-order chi connectivity index (χ0) is 18.6. The van der Waals surface area contributed by atoms with Gasteiger partial charge >= 0.3 is 0 Å². The Morgan fingerprint density at radius 2 is 2.31 bits per heavy atom. The molecule has 3 rings (SSSR count). The lowest BCUT2D eigenvalue weighted by molar-refractivity contribution is -0.119. The Bertz CT molecular complexity index is 763. The van der Waals surface area contributed by atoms with Gasteiger partial charge in [-0.25, -0.2) is 13.1 Å². The summed E-state index contributed by atoms with van der Waals surface area (Å²) >= 11 is 1.20. The largest absolute Gasteiger partial charge is 0.355 e. The molecule has 2 fully saturated rings. The Hall–Kier alpha value is -1.65. The van der Waals surface area contributed by atoms with Crippen molar-refractivity contribution in [3.05, 3.63) is 17.5 Å². The predicted molar refractivity (Wildman–Crippen MR) is 102 cm³/mol. The second kappa shape index (κ2) is 7.93. The van der Waals surface area contributed by atoms with E-state index in [1.54, 1.807) is 24.6 Å². The monoisotopic (exact) mass is 399 g/mol. The highest BCUT2D eigenvalue weighted by Gasteiger charge is 2.42. The van der Waals surface area contributed by atoms with Gasteiger partial charge in [-0.05, 0) is 24.3 Å². The van der Waals surface area contributed by atoms with Crippen molar-refractivity contribution < 1.29 is 13.2 Å². The van der Waals surface area contributed by atoms with Crippen LogP contribution in [-0.2, 0) is 14.8 Å². The fraction of sp³-hybridized carbons (Fsp3) is 0.625. The second-order valence-electron chi connectivity index (χ2n) is 6.78. The van der Waals surface area contributed by atoms with Crippen molar-refractivity contribution in [1.82, 2.24) is 20.3 Å². The number of guanidine groups is 1. The molecule has 144 valence electrons. The molecule has 2 aliphatic rings. The molecule has 2 saturated heterocycles. The number of carbonyl (C=O) groups is 1. The molecule has 8 nitrogen and oxygen atoms in total. The highest BCUT2D eigenvalue weighted by atomic mass is 32.2. The number of piperidine rings is 1. The summed E-state index contributed by atoms with van der Waals surface area (Å²) in [6.07, 6.45) is 2.63. The molecule has 0 bridgehead atoms. The first-order chi connectivity index (χ1) is 12.4. The van der Waals surface area contributed by atoms with E-state index in [0.717, 1.165) is 38.4 Å². The maximum atomic E-state index is 12.1. The van der Waals surface area contributed by atoms with Crippen molar-refractivity contribution in [2.75, 3.05) is 39.8 Å². The van der Waals surface area contributed by atoms with Gasteiger partial charge in [0.1, 0.15) is 4.21 Å². The average molecular weight is 400 g/mol. The van der Waals surface area contributed by atoms with Crippen LogP contribution in [0.2, 0.25) is 0 Å². The molecule has 1 aromatic rings. The Balaban J connectivity index is 1.50. The van der Waals surface area contributed by atoms with Crippen LogP contribution in [0, 0.1) is 5.41 Å². The standard InChI is InChI=1S/C16H25N5O3S2/c1-17-15(18-6-7-20-26(23,24)14-4-2-9-25-14)21-8-3-5-16(12-21)10-13(22)19-11-16/h2,4,9,20H,3,5-8,10-12H2,1H3,(H,17,18)(H,19,22). The van der Waals surface area contributed by atoms with E-state index in [-0.39, 0.29) is 17.9 Å². The van der Waals surface area contributed by atoms with Crippen molar-refractivity contribution in [3.63, 3.8) is 0 Å². The van der Waals surface area contributed by atoms with E-state index in [0.29, 0.717) is 17.2 Å². The average Bonchev–Trinajstić information content (AvgIpc) is 3.26. The molecule has 26 heavy (non-hydrogen) atoms. The van der Waals surface area contributed by atoms with Gasteiger partial charge in [-0.3, -0.25) is 9.79 Å². The van der Waals surface area contributed by atoms with Crippen molar-refractivity contribution in [1.29, 1.82) is 0 Å². The summed E-state index contributed by atoms with van der Waals surface area (Å²) in [5.41, 5.74) is -0.00624. The van der Waals surface area contributed by atoms with E-state index < -0.39 is 10.0 Å². The van der Waals surface area contributed by atoms with Gasteiger partial charge in [0, 0.05) is 51.6 Å². The summed E-state index contributed by atoms with van der Waals surface area (Å²) in [7, 11) is -1.72. The van der Waals surface area contributed by atoms with Gasteiger partial charge in [-0.1, -0.05) is 6.07 Å². The van der Waals surface area contributed by atoms with Gasteiger partial charge in [0.25, 0.3) is 0 Å². The number of carbonyl (C=O) groups excluding carboxylic acids is 1. The van der Waals surface area contributed by atoms with E-state index in [9.17, 15) is 13.2 Å². The number of nitrogens with zero attached hydrogens (tertiary/aromatic N) is 2. The van der Waals surface area contributed by atoms with Gasteiger partial charge in [-0.2, -0.15) is 0 Å². The smallest absolute Gasteiger partial charge is 0.250 e. The number of thiophene rings is 1. The first-order valence-corrected chi connectivity index (χ1v) is 11.1. The molecule has 3 N–H and O–H groups in total. The molecule has 0 radical (unpaired) electrons. The van der Waals surface area contributed by atoms with E-state index >= 15 is 0 Å². The number of nitrogens with one attached hydrogen (secondary N) is 3. The molecule has 1 spiro atoms. The lowest BCUT2D eigenvalue weighted by atomic mass is 9.79. The summed E-state index contributed by atoms with van der Waals surface area (Å²) in [5, 5.41) is 7.90. The van der Waals surface area contributed by atoms with Crippen LogP contribution in [0.25, 0.3) is 0 Å². The zero-order valence-electron chi connectivity index (χ0n) is 14.8. The van der Waals surface area contributed by atoms with Crippen molar-refractivity contribution in [2.24, 2.45) is 10.4 Å². The second-order valence-corrected chi connectivity index (χ2v) is 9.72. The van der Waals surface area contributed by atoms with Crippen LogP contribution in [0.4, 0.5) is 0 Å². The maximum Gasteiger partial charge on any atom is 0.250 e. The number of aliphatic imine (C=N–C) groups is 1. The topological polar surface area (TPSA) is 103 Å². The fourth-order valence-electron chi connectivity index (χ4n) is 3.61. The summed E-state index contributed by atoms with van der Waals surface area (Å²) < 4.78 is 27.1. The highest BCUT2D eigenvalue weighted by molar-refractivity contribution is 7.91. The normalized spacial score (nSPS) is 24.1. The first-order valence-electron chi connectivity index (χ1n) is 8.70. The third-order valence-electron chi connectivity index (χ3n) is 4.83. The predicted octanol–water partition coefficient (Wildman–Crippen LogP) is 0.204. The molecule has 0 aromatic carbocycles. The molecule has 0 saturated carbocycles. The molecule has 1 atom stereocenters. The van der Waals surface area contributed by atoms with Gasteiger partial charge in [0.2, 0.25) is 15.9 Å². The highest BCUT2D eigenvalue weighted by Crippen LogP contribution is 2.35. The fourth-order valence-corrected chi connectivity index (χ4v) is 5.68.